The first-order valence-electron chi connectivity index (χ1n) is 10.5. The number of amides is 1. The van der Waals surface area contributed by atoms with Gasteiger partial charge in [-0.25, -0.2) is 12.8 Å². The van der Waals surface area contributed by atoms with Gasteiger partial charge in [0, 0.05) is 24.8 Å². The topological polar surface area (TPSA) is 105 Å². The lowest BCUT2D eigenvalue weighted by Gasteiger charge is -2.31. The third kappa shape index (κ3) is 5.01. The molecule has 1 amide bonds. The summed E-state index contributed by atoms with van der Waals surface area (Å²) in [5.74, 6) is -1.19. The van der Waals surface area contributed by atoms with E-state index in [-0.39, 0.29) is 35.3 Å². The Labute approximate surface area is 191 Å². The molecule has 0 aliphatic carbocycles. The first kappa shape index (κ1) is 22.8. The summed E-state index contributed by atoms with van der Waals surface area (Å²) in [6.07, 6.45) is 7.07. The molecular formula is C23H23FN4O4S. The Balaban J connectivity index is 1.55. The van der Waals surface area contributed by atoms with E-state index in [9.17, 15) is 17.6 Å². The van der Waals surface area contributed by atoms with Crippen LogP contribution in [0.4, 0.5) is 10.1 Å². The van der Waals surface area contributed by atoms with Crippen molar-refractivity contribution in [1.82, 2.24) is 14.4 Å². The molecule has 1 fully saturated rings. The van der Waals surface area contributed by atoms with Crippen LogP contribution in [0.15, 0.2) is 58.2 Å². The molecule has 33 heavy (non-hydrogen) atoms. The normalized spacial score (nSPS) is 17.3. The molecule has 0 spiro atoms. The summed E-state index contributed by atoms with van der Waals surface area (Å²) in [6, 6.07) is 9.55. The molecule has 10 heteroatoms. The van der Waals surface area contributed by atoms with Crippen LogP contribution in [0.1, 0.15) is 29.9 Å². The van der Waals surface area contributed by atoms with Crippen LogP contribution in [-0.2, 0) is 14.8 Å². The van der Waals surface area contributed by atoms with Crippen molar-refractivity contribution in [2.75, 3.05) is 18.4 Å². The molecule has 1 aliphatic rings. The molecule has 4 rings (SSSR count). The Kier molecular flexibility index (Phi) is 6.66. The first-order valence-corrected chi connectivity index (χ1v) is 11.9. The van der Waals surface area contributed by atoms with Gasteiger partial charge >= 0.3 is 0 Å². The largest absolute Gasteiger partial charge is 0.355 e. The van der Waals surface area contributed by atoms with E-state index in [1.807, 2.05) is 0 Å². The molecule has 0 saturated carbocycles. The minimum Gasteiger partial charge on any atom is -0.355 e. The van der Waals surface area contributed by atoms with Crippen molar-refractivity contribution in [1.29, 1.82) is 0 Å². The number of rotatable bonds is 6. The molecular weight excluding hydrogens is 447 g/mol. The number of halogens is 1. The maximum Gasteiger partial charge on any atom is 0.248 e. The molecule has 1 aromatic carbocycles. The van der Waals surface area contributed by atoms with Gasteiger partial charge in [0.2, 0.25) is 15.9 Å². The van der Waals surface area contributed by atoms with Crippen LogP contribution in [-0.4, -0.2) is 41.9 Å². The van der Waals surface area contributed by atoms with Crippen molar-refractivity contribution < 1.29 is 22.1 Å². The zero-order chi connectivity index (χ0) is 23.4. The number of carbonyl (C=O) groups is 1. The number of anilines is 1. The van der Waals surface area contributed by atoms with E-state index in [4.69, 9.17) is 4.52 Å². The molecule has 3 heterocycles. The van der Waals surface area contributed by atoms with Gasteiger partial charge < -0.3 is 9.84 Å². The van der Waals surface area contributed by atoms with E-state index in [1.165, 1.54) is 35.6 Å². The van der Waals surface area contributed by atoms with Gasteiger partial charge in [0.25, 0.3) is 0 Å². The molecule has 1 unspecified atom stereocenters. The number of nitrogens with zero attached hydrogens (tertiary/aromatic N) is 3. The highest BCUT2D eigenvalue weighted by Gasteiger charge is 2.37. The molecule has 8 nitrogen and oxygen atoms in total. The molecule has 3 aromatic rings. The summed E-state index contributed by atoms with van der Waals surface area (Å²) in [5.41, 5.74) is 1.04. The number of pyridine rings is 1. The number of aromatic nitrogens is 2. The number of hydrogen-bond acceptors (Lipinski definition) is 6. The Bertz CT molecular complexity index is 1270. The molecule has 1 N–H and O–H groups in total. The van der Waals surface area contributed by atoms with Crippen LogP contribution in [0.5, 0.6) is 0 Å². The Morgan fingerprint density at radius 3 is 2.82 bits per heavy atom. The Morgan fingerprint density at radius 1 is 1.24 bits per heavy atom. The minimum atomic E-state index is -3.99. The van der Waals surface area contributed by atoms with Crippen molar-refractivity contribution >= 4 is 33.8 Å². The fourth-order valence-electron chi connectivity index (χ4n) is 3.76. The standard InChI is InChI=1S/C23H23FN4O4S/c1-16-22(21(32-27-16)11-10-17-6-2-3-9-20(17)24)33(30,31)28-13-5-7-18(15-28)23(29)26-19-8-4-12-25-14-19/h2-4,6,8-12,14,18H,5,7,13,15H2,1H3,(H,26,29)/b11-10+. The van der Waals surface area contributed by atoms with Crippen molar-refractivity contribution in [3.8, 4) is 0 Å². The number of benzene rings is 1. The predicted molar refractivity (Wildman–Crippen MR) is 121 cm³/mol. The minimum absolute atomic E-state index is 0.0117. The van der Waals surface area contributed by atoms with Gasteiger partial charge in [-0.3, -0.25) is 9.78 Å². The van der Waals surface area contributed by atoms with E-state index in [0.29, 0.717) is 24.1 Å². The number of carbonyl (C=O) groups excluding carboxylic acids is 1. The SMILES string of the molecule is Cc1noc(/C=C/c2ccccc2F)c1S(=O)(=O)N1CCCC(C(=O)Nc2cccnc2)C1. The van der Waals surface area contributed by atoms with E-state index >= 15 is 0 Å². The van der Waals surface area contributed by atoms with Gasteiger partial charge in [0.1, 0.15) is 11.5 Å². The lowest BCUT2D eigenvalue weighted by Crippen LogP contribution is -2.43. The molecule has 1 saturated heterocycles. The second-order valence-electron chi connectivity index (χ2n) is 7.75. The van der Waals surface area contributed by atoms with Gasteiger partial charge in [-0.05, 0) is 50.1 Å². The highest BCUT2D eigenvalue weighted by molar-refractivity contribution is 7.89. The average Bonchev–Trinajstić information content (AvgIpc) is 3.20. The zero-order valence-corrected chi connectivity index (χ0v) is 18.8. The van der Waals surface area contributed by atoms with E-state index in [1.54, 1.807) is 36.5 Å². The summed E-state index contributed by atoms with van der Waals surface area (Å²) in [4.78, 5) is 16.6. The average molecular weight is 471 g/mol. The summed E-state index contributed by atoms with van der Waals surface area (Å²) in [7, 11) is -3.99. The van der Waals surface area contributed by atoms with Crippen LogP contribution in [0.3, 0.4) is 0 Å². The van der Waals surface area contributed by atoms with Crippen LogP contribution in [0.2, 0.25) is 0 Å². The molecule has 172 valence electrons. The van der Waals surface area contributed by atoms with Gasteiger partial charge in [-0.1, -0.05) is 23.4 Å². The van der Waals surface area contributed by atoms with Gasteiger partial charge in [0.15, 0.2) is 10.7 Å². The summed E-state index contributed by atoms with van der Waals surface area (Å²) in [6.45, 7) is 1.85. The predicted octanol–water partition coefficient (Wildman–Crippen LogP) is 3.73. The first-order chi connectivity index (χ1) is 15.9. The third-order valence-corrected chi connectivity index (χ3v) is 7.46. The highest BCUT2D eigenvalue weighted by atomic mass is 32.2. The maximum atomic E-state index is 13.9. The van der Waals surface area contributed by atoms with E-state index < -0.39 is 21.8 Å². The summed E-state index contributed by atoms with van der Waals surface area (Å²) >= 11 is 0. The summed E-state index contributed by atoms with van der Waals surface area (Å²) < 4.78 is 47.4. The molecule has 2 aromatic heterocycles. The number of hydrogen-bond donors (Lipinski definition) is 1. The number of nitrogens with one attached hydrogen (secondary N) is 1. The van der Waals surface area contributed by atoms with Crippen LogP contribution in [0.25, 0.3) is 12.2 Å². The number of piperidine rings is 1. The van der Waals surface area contributed by atoms with Crippen LogP contribution in [0, 0.1) is 18.7 Å². The quantitative estimate of drug-likeness (QED) is 0.589. The maximum absolute atomic E-state index is 13.9. The second-order valence-corrected chi connectivity index (χ2v) is 9.62. The summed E-state index contributed by atoms with van der Waals surface area (Å²) in [5, 5.41) is 6.59. The highest BCUT2D eigenvalue weighted by Crippen LogP contribution is 2.29. The number of sulfonamides is 1. The fraction of sp³-hybridized carbons (Fsp3) is 0.261. The van der Waals surface area contributed by atoms with E-state index in [0.717, 1.165) is 0 Å². The van der Waals surface area contributed by atoms with Gasteiger partial charge in [-0.2, -0.15) is 4.31 Å². The monoisotopic (exact) mass is 470 g/mol. The van der Waals surface area contributed by atoms with Gasteiger partial charge in [-0.15, -0.1) is 0 Å². The lowest BCUT2D eigenvalue weighted by atomic mass is 9.99. The third-order valence-electron chi connectivity index (χ3n) is 5.43. The molecule has 1 atom stereocenters. The van der Waals surface area contributed by atoms with Crippen molar-refractivity contribution in [3.63, 3.8) is 0 Å². The molecule has 0 bridgehead atoms. The van der Waals surface area contributed by atoms with Crippen molar-refractivity contribution in [3.05, 3.63) is 71.6 Å². The number of aryl methyl sites for hydroxylation is 1. The lowest BCUT2D eigenvalue weighted by molar-refractivity contribution is -0.120. The molecule has 0 radical (unpaired) electrons. The van der Waals surface area contributed by atoms with Gasteiger partial charge in [0.05, 0.1) is 17.8 Å². The van der Waals surface area contributed by atoms with E-state index in [2.05, 4.69) is 15.5 Å². The zero-order valence-electron chi connectivity index (χ0n) is 17.9. The Hall–Kier alpha value is -3.37. The molecule has 1 aliphatic heterocycles. The second kappa shape index (κ2) is 9.63. The Morgan fingerprint density at radius 2 is 2.06 bits per heavy atom. The smallest absolute Gasteiger partial charge is 0.248 e. The van der Waals surface area contributed by atoms with Crippen molar-refractivity contribution in [2.24, 2.45) is 5.92 Å². The van der Waals surface area contributed by atoms with Crippen molar-refractivity contribution in [2.45, 2.75) is 24.7 Å². The van der Waals surface area contributed by atoms with Crippen LogP contribution >= 0.6 is 0 Å². The fourth-order valence-corrected chi connectivity index (χ4v) is 5.53. The van der Waals surface area contributed by atoms with Crippen LogP contribution < -0.4 is 5.32 Å².